The van der Waals surface area contributed by atoms with E-state index in [1.165, 1.54) is 15.9 Å². The van der Waals surface area contributed by atoms with E-state index in [9.17, 15) is 9.59 Å². The summed E-state index contributed by atoms with van der Waals surface area (Å²) in [5.41, 5.74) is 1.39. The molecule has 0 aliphatic carbocycles. The molecule has 0 N–H and O–H groups in total. The van der Waals surface area contributed by atoms with Gasteiger partial charge in [0.25, 0.3) is 0 Å². The lowest BCUT2D eigenvalue weighted by molar-refractivity contribution is -0.123. The summed E-state index contributed by atoms with van der Waals surface area (Å²) in [7, 11) is 3.34. The van der Waals surface area contributed by atoms with Crippen LogP contribution in [-0.2, 0) is 9.53 Å². The molecule has 1 fully saturated rings. The first-order chi connectivity index (χ1) is 9.09. The maximum absolute atomic E-state index is 11.9. The molecule has 1 aliphatic heterocycles. The Labute approximate surface area is 112 Å². The van der Waals surface area contributed by atoms with Crippen molar-refractivity contribution in [3.63, 3.8) is 0 Å². The van der Waals surface area contributed by atoms with Crippen LogP contribution >= 0.6 is 0 Å². The van der Waals surface area contributed by atoms with E-state index in [-0.39, 0.29) is 5.91 Å². The van der Waals surface area contributed by atoms with Gasteiger partial charge < -0.3 is 9.64 Å². The summed E-state index contributed by atoms with van der Waals surface area (Å²) in [5, 5.41) is 0. The van der Waals surface area contributed by atoms with Crippen molar-refractivity contribution < 1.29 is 14.3 Å². The molecule has 5 heteroatoms. The van der Waals surface area contributed by atoms with Gasteiger partial charge in [0, 0.05) is 20.2 Å². The predicted molar refractivity (Wildman–Crippen MR) is 71.2 cm³/mol. The van der Waals surface area contributed by atoms with Crippen molar-refractivity contribution >= 4 is 17.7 Å². The highest BCUT2D eigenvalue weighted by Crippen LogP contribution is 2.22. The minimum atomic E-state index is -0.415. The van der Waals surface area contributed by atoms with Crippen LogP contribution in [0.15, 0.2) is 36.4 Å². The van der Waals surface area contributed by atoms with Gasteiger partial charge >= 0.3 is 6.09 Å². The van der Waals surface area contributed by atoms with Crippen molar-refractivity contribution in [2.45, 2.75) is 0 Å². The molecule has 2 amide bonds. The topological polar surface area (TPSA) is 49.9 Å². The van der Waals surface area contributed by atoms with Crippen molar-refractivity contribution in [3.8, 4) is 0 Å². The smallest absolute Gasteiger partial charge is 0.414 e. The number of likely N-dealkylation sites (N-methyl/N-ethyl adjacent to an activating group) is 1. The quantitative estimate of drug-likeness (QED) is 0.775. The molecule has 5 nitrogen and oxygen atoms in total. The first-order valence-electron chi connectivity index (χ1n) is 6.02. The van der Waals surface area contributed by atoms with E-state index in [2.05, 4.69) is 0 Å². The number of carbonyl (C=O) groups is 2. The van der Waals surface area contributed by atoms with Crippen LogP contribution < -0.4 is 0 Å². The average Bonchev–Trinajstić information content (AvgIpc) is 2.82. The molecule has 0 atom stereocenters. The van der Waals surface area contributed by atoms with Crippen molar-refractivity contribution in [2.24, 2.45) is 0 Å². The third-order valence-electron chi connectivity index (χ3n) is 2.82. The maximum atomic E-state index is 11.9. The molecule has 1 aromatic rings. The second kappa shape index (κ2) is 5.56. The molecule has 1 aliphatic rings. The van der Waals surface area contributed by atoms with Gasteiger partial charge in [-0.15, -0.1) is 0 Å². The van der Waals surface area contributed by atoms with E-state index in [1.54, 1.807) is 14.1 Å². The Morgan fingerprint density at radius 3 is 2.53 bits per heavy atom. The summed E-state index contributed by atoms with van der Waals surface area (Å²) < 4.78 is 4.93. The van der Waals surface area contributed by atoms with Gasteiger partial charge in [-0.3, -0.25) is 9.69 Å². The molecule has 2 rings (SSSR count). The monoisotopic (exact) mass is 260 g/mol. The standard InChI is InChI=1S/C14H16N2O3/c1-15(2)13(17)10-12(11-6-4-3-5-7-11)16-8-9-19-14(16)18/h3-7,10H,8-9H2,1-2H3/b12-10-. The lowest BCUT2D eigenvalue weighted by atomic mass is 10.1. The van der Waals surface area contributed by atoms with Crippen molar-refractivity contribution in [2.75, 3.05) is 27.2 Å². The highest BCUT2D eigenvalue weighted by molar-refractivity contribution is 5.97. The van der Waals surface area contributed by atoms with Crippen LogP contribution in [0, 0.1) is 0 Å². The van der Waals surface area contributed by atoms with Gasteiger partial charge in [-0.05, 0) is 5.56 Å². The molecule has 0 unspecified atom stereocenters. The number of hydrogen-bond acceptors (Lipinski definition) is 3. The molecule has 0 bridgehead atoms. The van der Waals surface area contributed by atoms with Crippen molar-refractivity contribution in [1.82, 2.24) is 9.80 Å². The van der Waals surface area contributed by atoms with Gasteiger partial charge in [-0.1, -0.05) is 30.3 Å². The average molecular weight is 260 g/mol. The number of nitrogens with zero attached hydrogens (tertiary/aromatic N) is 2. The van der Waals surface area contributed by atoms with Crippen LogP contribution in [0.25, 0.3) is 5.70 Å². The number of rotatable bonds is 3. The number of benzene rings is 1. The SMILES string of the molecule is CN(C)C(=O)/C=C(/c1ccccc1)N1CCOC1=O. The third-order valence-corrected chi connectivity index (χ3v) is 2.82. The van der Waals surface area contributed by atoms with Gasteiger partial charge in [0.15, 0.2) is 0 Å². The zero-order valence-electron chi connectivity index (χ0n) is 11.0. The van der Waals surface area contributed by atoms with E-state index in [4.69, 9.17) is 4.74 Å². The molecule has 1 heterocycles. The Kier molecular flexibility index (Phi) is 3.85. The number of cyclic esters (lactones) is 1. The van der Waals surface area contributed by atoms with Gasteiger partial charge in [0.05, 0.1) is 12.2 Å². The second-order valence-corrected chi connectivity index (χ2v) is 4.39. The molecular formula is C14H16N2O3. The normalized spacial score (nSPS) is 15.4. The lowest BCUT2D eigenvalue weighted by Crippen LogP contribution is -2.26. The molecule has 0 radical (unpaired) electrons. The Bertz CT molecular complexity index is 509. The number of amides is 2. The Hall–Kier alpha value is -2.30. The Balaban J connectivity index is 2.39. The molecule has 0 aromatic heterocycles. The number of carbonyl (C=O) groups excluding carboxylic acids is 2. The van der Waals surface area contributed by atoms with Gasteiger partial charge in [0.1, 0.15) is 6.61 Å². The maximum Gasteiger partial charge on any atom is 0.414 e. The molecule has 1 saturated heterocycles. The summed E-state index contributed by atoms with van der Waals surface area (Å²) in [4.78, 5) is 26.5. The van der Waals surface area contributed by atoms with Gasteiger partial charge in [-0.25, -0.2) is 4.79 Å². The first kappa shape index (κ1) is 13.1. The largest absolute Gasteiger partial charge is 0.447 e. The van der Waals surface area contributed by atoms with Crippen LogP contribution in [0.5, 0.6) is 0 Å². The van der Waals surface area contributed by atoms with E-state index >= 15 is 0 Å². The predicted octanol–water partition coefficient (Wildman–Crippen LogP) is 1.57. The fraction of sp³-hybridized carbons (Fsp3) is 0.286. The van der Waals surface area contributed by atoms with Crippen molar-refractivity contribution in [1.29, 1.82) is 0 Å². The summed E-state index contributed by atoms with van der Waals surface area (Å²) in [6.07, 6.45) is 1.05. The highest BCUT2D eigenvalue weighted by atomic mass is 16.6. The van der Waals surface area contributed by atoms with Crippen LogP contribution in [0.4, 0.5) is 4.79 Å². The van der Waals surface area contributed by atoms with E-state index in [0.717, 1.165) is 5.56 Å². The molecule has 19 heavy (non-hydrogen) atoms. The molecule has 0 saturated carbocycles. The zero-order chi connectivity index (χ0) is 13.8. The Morgan fingerprint density at radius 2 is 2.00 bits per heavy atom. The van der Waals surface area contributed by atoms with Crippen molar-refractivity contribution in [3.05, 3.63) is 42.0 Å². The summed E-state index contributed by atoms with van der Waals surface area (Å²) in [6, 6.07) is 9.34. The summed E-state index contributed by atoms with van der Waals surface area (Å²) in [6.45, 7) is 0.805. The molecular weight excluding hydrogens is 244 g/mol. The van der Waals surface area contributed by atoms with Crippen LogP contribution in [-0.4, -0.2) is 49.0 Å². The van der Waals surface area contributed by atoms with Crippen LogP contribution in [0.3, 0.4) is 0 Å². The molecule has 0 spiro atoms. The lowest BCUT2D eigenvalue weighted by Gasteiger charge is -2.18. The third kappa shape index (κ3) is 2.93. The zero-order valence-corrected chi connectivity index (χ0v) is 11.0. The fourth-order valence-corrected chi connectivity index (χ4v) is 1.78. The Morgan fingerprint density at radius 1 is 1.32 bits per heavy atom. The highest BCUT2D eigenvalue weighted by Gasteiger charge is 2.27. The van der Waals surface area contributed by atoms with Gasteiger partial charge in [-0.2, -0.15) is 0 Å². The van der Waals surface area contributed by atoms with E-state index < -0.39 is 6.09 Å². The second-order valence-electron chi connectivity index (χ2n) is 4.39. The fourth-order valence-electron chi connectivity index (χ4n) is 1.78. The van der Waals surface area contributed by atoms with E-state index in [0.29, 0.717) is 18.8 Å². The number of hydrogen-bond donors (Lipinski definition) is 0. The number of ether oxygens (including phenoxy) is 1. The first-order valence-corrected chi connectivity index (χ1v) is 6.02. The minimum Gasteiger partial charge on any atom is -0.447 e. The molecule has 1 aromatic carbocycles. The van der Waals surface area contributed by atoms with Gasteiger partial charge in [0.2, 0.25) is 5.91 Å². The van der Waals surface area contributed by atoms with E-state index in [1.807, 2.05) is 30.3 Å². The summed E-state index contributed by atoms with van der Waals surface area (Å²) >= 11 is 0. The van der Waals surface area contributed by atoms with Crippen LogP contribution in [0.1, 0.15) is 5.56 Å². The molecule has 100 valence electrons. The minimum absolute atomic E-state index is 0.168. The van der Waals surface area contributed by atoms with Crippen LogP contribution in [0.2, 0.25) is 0 Å². The summed E-state index contributed by atoms with van der Waals surface area (Å²) in [5.74, 6) is -0.168.